The number of hydrogen-bond donors (Lipinski definition) is 1. The molecule has 1 saturated heterocycles. The van der Waals surface area contributed by atoms with Gasteiger partial charge in [-0.15, -0.1) is 5.10 Å². The summed E-state index contributed by atoms with van der Waals surface area (Å²) in [6.07, 6.45) is 1.52. The molecule has 0 radical (unpaired) electrons. The molecule has 1 aliphatic heterocycles. The Hall–Kier alpha value is -3.71. The zero-order valence-electron chi connectivity index (χ0n) is 13.7. The van der Waals surface area contributed by atoms with Gasteiger partial charge in [0.25, 0.3) is 5.69 Å². The number of benzene rings is 2. The smallest absolute Gasteiger partial charge is 0.271 e. The molecule has 1 N–H and O–H groups in total. The lowest BCUT2D eigenvalue weighted by Crippen LogP contribution is -2.19. The number of nitrogens with one attached hydrogen (secondary N) is 1. The van der Waals surface area contributed by atoms with Crippen molar-refractivity contribution >= 4 is 34.7 Å². The quantitative estimate of drug-likeness (QED) is 0.481. The highest BCUT2D eigenvalue weighted by Crippen LogP contribution is 2.28. The summed E-state index contributed by atoms with van der Waals surface area (Å²) in [5, 5.41) is 30.7. The van der Waals surface area contributed by atoms with Crippen molar-refractivity contribution in [2.75, 3.05) is 5.75 Å². The van der Waals surface area contributed by atoms with E-state index in [1.165, 1.54) is 30.1 Å². The number of amidine groups is 1. The van der Waals surface area contributed by atoms with Gasteiger partial charge in [-0.05, 0) is 35.9 Å². The average Bonchev–Trinajstić information content (AvgIpc) is 3.08. The first-order chi connectivity index (χ1) is 13.0. The Morgan fingerprint density at radius 2 is 2.07 bits per heavy atom. The Kier molecular flexibility index (Phi) is 5.44. The van der Waals surface area contributed by atoms with Crippen LogP contribution in [0.15, 0.2) is 52.7 Å². The molecule has 134 valence electrons. The van der Waals surface area contributed by atoms with Crippen LogP contribution in [0.1, 0.15) is 11.1 Å². The van der Waals surface area contributed by atoms with Crippen LogP contribution in [0.5, 0.6) is 11.5 Å². The van der Waals surface area contributed by atoms with Gasteiger partial charge in [-0.1, -0.05) is 11.8 Å². The zero-order chi connectivity index (χ0) is 19.2. The summed E-state index contributed by atoms with van der Waals surface area (Å²) in [4.78, 5) is 21.2. The Balaban J connectivity index is 1.68. The molecule has 1 aliphatic rings. The van der Waals surface area contributed by atoms with Gasteiger partial charge < -0.3 is 10.1 Å². The van der Waals surface area contributed by atoms with Crippen LogP contribution in [0.4, 0.5) is 5.69 Å². The van der Waals surface area contributed by atoms with Crippen LogP contribution in [0.25, 0.3) is 0 Å². The molecule has 9 nitrogen and oxygen atoms in total. The standard InChI is InChI=1S/C17H11N5O4S/c18-8-12-7-13(22(24)25)3-6-15(12)26-14-4-1-11(2-5-14)9-19-21-17-20-16(23)10-27-17/h1-7,9H,10H2,(H,20,21,23)/b19-9+. The highest BCUT2D eigenvalue weighted by atomic mass is 32.2. The van der Waals surface area contributed by atoms with E-state index in [2.05, 4.69) is 15.5 Å². The number of nitrogens with zero attached hydrogens (tertiary/aromatic N) is 4. The van der Waals surface area contributed by atoms with E-state index in [1.807, 2.05) is 6.07 Å². The Bertz CT molecular complexity index is 995. The molecule has 27 heavy (non-hydrogen) atoms. The van der Waals surface area contributed by atoms with Gasteiger partial charge in [0.05, 0.1) is 16.9 Å². The Morgan fingerprint density at radius 3 is 2.70 bits per heavy atom. The van der Waals surface area contributed by atoms with Gasteiger partial charge in [-0.25, -0.2) is 0 Å². The molecule has 1 fully saturated rings. The molecule has 1 heterocycles. The second-order valence-electron chi connectivity index (χ2n) is 5.21. The van der Waals surface area contributed by atoms with Crippen molar-refractivity contribution in [3.8, 4) is 17.6 Å². The first-order valence-electron chi connectivity index (χ1n) is 7.55. The second-order valence-corrected chi connectivity index (χ2v) is 6.17. The number of nitriles is 1. The average molecular weight is 381 g/mol. The van der Waals surface area contributed by atoms with Gasteiger partial charge in [0.15, 0.2) is 5.17 Å². The minimum absolute atomic E-state index is 0.0711. The third-order valence-corrected chi connectivity index (χ3v) is 4.21. The number of ether oxygens (including phenoxy) is 1. The predicted molar refractivity (Wildman–Crippen MR) is 100.0 cm³/mol. The molecule has 2 aromatic rings. The number of carbonyl (C=O) groups excluding carboxylic acids is 1. The van der Waals surface area contributed by atoms with E-state index < -0.39 is 4.92 Å². The molecule has 0 spiro atoms. The summed E-state index contributed by atoms with van der Waals surface area (Å²) in [7, 11) is 0. The van der Waals surface area contributed by atoms with Gasteiger partial charge in [0, 0.05) is 12.1 Å². The van der Waals surface area contributed by atoms with E-state index >= 15 is 0 Å². The summed E-state index contributed by atoms with van der Waals surface area (Å²) < 4.78 is 5.62. The van der Waals surface area contributed by atoms with Crippen molar-refractivity contribution in [1.29, 1.82) is 5.26 Å². The lowest BCUT2D eigenvalue weighted by molar-refractivity contribution is -0.384. The number of rotatable bonds is 5. The maximum Gasteiger partial charge on any atom is 0.271 e. The molecule has 0 bridgehead atoms. The van der Waals surface area contributed by atoms with Gasteiger partial charge >= 0.3 is 0 Å². The number of thioether (sulfide) groups is 1. The van der Waals surface area contributed by atoms with E-state index in [0.717, 1.165) is 11.6 Å². The van der Waals surface area contributed by atoms with Crippen LogP contribution in [0, 0.1) is 21.4 Å². The van der Waals surface area contributed by atoms with Crippen molar-refractivity contribution < 1.29 is 14.5 Å². The lowest BCUT2D eigenvalue weighted by Gasteiger charge is -2.07. The number of carbonyl (C=O) groups is 1. The van der Waals surface area contributed by atoms with Crippen LogP contribution in [0.3, 0.4) is 0 Å². The van der Waals surface area contributed by atoms with Gasteiger partial charge in [0.2, 0.25) is 5.91 Å². The highest BCUT2D eigenvalue weighted by molar-refractivity contribution is 8.15. The zero-order valence-corrected chi connectivity index (χ0v) is 14.5. The molecule has 2 aromatic carbocycles. The number of nitro groups is 1. The molecule has 0 saturated carbocycles. The van der Waals surface area contributed by atoms with Gasteiger partial charge in [0.1, 0.15) is 23.1 Å². The van der Waals surface area contributed by atoms with E-state index in [-0.39, 0.29) is 22.9 Å². The van der Waals surface area contributed by atoms with Crippen molar-refractivity contribution in [2.24, 2.45) is 10.2 Å². The number of nitro benzene ring substituents is 1. The summed E-state index contributed by atoms with van der Waals surface area (Å²) in [6.45, 7) is 0. The van der Waals surface area contributed by atoms with Crippen LogP contribution >= 0.6 is 11.8 Å². The second kappa shape index (κ2) is 8.11. The summed E-state index contributed by atoms with van der Waals surface area (Å²) in [6, 6.07) is 12.5. The fraction of sp³-hybridized carbons (Fsp3) is 0.0588. The third kappa shape index (κ3) is 4.68. The van der Waals surface area contributed by atoms with E-state index in [0.29, 0.717) is 16.7 Å². The lowest BCUT2D eigenvalue weighted by atomic mass is 10.2. The largest absolute Gasteiger partial charge is 0.456 e. The maximum absolute atomic E-state index is 11.0. The van der Waals surface area contributed by atoms with E-state index in [1.54, 1.807) is 24.3 Å². The highest BCUT2D eigenvalue weighted by Gasteiger charge is 2.16. The fourth-order valence-electron chi connectivity index (χ4n) is 2.08. The topological polar surface area (TPSA) is 130 Å². The SMILES string of the molecule is N#Cc1cc([N+](=O)[O-])ccc1Oc1ccc(/C=N/N=C2/NC(=O)CS2)cc1. The van der Waals surface area contributed by atoms with Gasteiger partial charge in [-0.3, -0.25) is 14.9 Å². The third-order valence-electron chi connectivity index (χ3n) is 3.34. The van der Waals surface area contributed by atoms with Crippen molar-refractivity contribution in [2.45, 2.75) is 0 Å². The summed E-state index contributed by atoms with van der Waals surface area (Å²) >= 11 is 1.28. The predicted octanol–water partition coefficient (Wildman–Crippen LogP) is 2.81. The summed E-state index contributed by atoms with van der Waals surface area (Å²) in [5.41, 5.74) is 0.649. The molecule has 0 unspecified atom stereocenters. The molecule has 0 aliphatic carbocycles. The van der Waals surface area contributed by atoms with Crippen molar-refractivity contribution in [1.82, 2.24) is 5.32 Å². The molecule has 3 rings (SSSR count). The number of amides is 1. The maximum atomic E-state index is 11.0. The van der Waals surface area contributed by atoms with Crippen molar-refractivity contribution in [3.05, 3.63) is 63.7 Å². The monoisotopic (exact) mass is 381 g/mol. The molecular weight excluding hydrogens is 370 g/mol. The van der Waals surface area contributed by atoms with Crippen LogP contribution in [-0.4, -0.2) is 28.0 Å². The number of non-ortho nitro benzene ring substituents is 1. The van der Waals surface area contributed by atoms with Gasteiger partial charge in [-0.2, -0.15) is 10.4 Å². The van der Waals surface area contributed by atoms with Crippen LogP contribution in [0.2, 0.25) is 0 Å². The molecule has 10 heteroatoms. The van der Waals surface area contributed by atoms with E-state index in [9.17, 15) is 14.9 Å². The first kappa shape index (κ1) is 18.1. The Morgan fingerprint density at radius 1 is 1.30 bits per heavy atom. The molecule has 0 aromatic heterocycles. The minimum atomic E-state index is -0.572. The van der Waals surface area contributed by atoms with Crippen LogP contribution < -0.4 is 10.1 Å². The first-order valence-corrected chi connectivity index (χ1v) is 8.54. The Labute approximate surface area is 157 Å². The normalized spacial score (nSPS) is 14.9. The molecular formula is C17H11N5O4S. The summed E-state index contributed by atoms with van der Waals surface area (Å²) in [5.74, 6) is 0.930. The van der Waals surface area contributed by atoms with E-state index in [4.69, 9.17) is 10.00 Å². The fourth-order valence-corrected chi connectivity index (χ4v) is 2.71. The van der Waals surface area contributed by atoms with Crippen LogP contribution in [-0.2, 0) is 4.79 Å². The van der Waals surface area contributed by atoms with Crippen molar-refractivity contribution in [3.63, 3.8) is 0 Å². The minimum Gasteiger partial charge on any atom is -0.456 e. The molecule has 1 amide bonds. The molecule has 0 atom stereocenters. The number of hydrogen-bond acceptors (Lipinski definition) is 8.